The van der Waals surface area contributed by atoms with Crippen molar-refractivity contribution in [3.05, 3.63) is 107 Å². The van der Waals surface area contributed by atoms with Crippen LogP contribution < -0.4 is 27.2 Å². The molecule has 0 bridgehead atoms. The number of aromatic amines is 2. The lowest BCUT2D eigenvalue weighted by atomic mass is 9.84. The van der Waals surface area contributed by atoms with Gasteiger partial charge in [-0.1, -0.05) is 23.8 Å². The van der Waals surface area contributed by atoms with E-state index < -0.39 is 34.3 Å². The van der Waals surface area contributed by atoms with Crippen molar-refractivity contribution in [2.75, 3.05) is 0 Å². The third-order valence-electron chi connectivity index (χ3n) is 5.09. The zero-order valence-electron chi connectivity index (χ0n) is 16.6. The average molecular weight is 457 g/mol. The first-order valence-corrected chi connectivity index (χ1v) is 9.78. The molecule has 3 N–H and O–H groups in total. The molecule has 0 radical (unpaired) electrons. The minimum atomic E-state index is -1.20. The molecular formula is C21H17ClN4O6. The highest BCUT2D eigenvalue weighted by Gasteiger charge is 2.37. The molecule has 1 aliphatic heterocycles. The molecule has 0 aliphatic carbocycles. The van der Waals surface area contributed by atoms with Crippen LogP contribution in [0.2, 0.25) is 5.02 Å². The number of aromatic nitrogens is 4. The summed E-state index contributed by atoms with van der Waals surface area (Å²) in [4.78, 5) is 55.5. The third kappa shape index (κ3) is 3.21. The van der Waals surface area contributed by atoms with Crippen molar-refractivity contribution >= 4 is 11.6 Å². The van der Waals surface area contributed by atoms with Crippen LogP contribution >= 0.6 is 11.6 Å². The van der Waals surface area contributed by atoms with Gasteiger partial charge in [-0.3, -0.25) is 28.7 Å². The van der Waals surface area contributed by atoms with E-state index >= 15 is 0 Å². The summed E-state index contributed by atoms with van der Waals surface area (Å²) in [5.41, 5.74) is -3.33. The van der Waals surface area contributed by atoms with Crippen molar-refractivity contribution < 1.29 is 9.84 Å². The van der Waals surface area contributed by atoms with Gasteiger partial charge in [-0.15, -0.1) is 13.2 Å². The molecule has 32 heavy (non-hydrogen) atoms. The van der Waals surface area contributed by atoms with Crippen molar-refractivity contribution in [1.29, 1.82) is 0 Å². The van der Waals surface area contributed by atoms with Crippen LogP contribution in [-0.4, -0.2) is 24.2 Å². The van der Waals surface area contributed by atoms with E-state index in [1.54, 1.807) is 0 Å². The van der Waals surface area contributed by atoms with Crippen molar-refractivity contribution in [3.63, 3.8) is 0 Å². The second-order valence-corrected chi connectivity index (χ2v) is 7.43. The van der Waals surface area contributed by atoms with E-state index in [4.69, 9.17) is 16.3 Å². The van der Waals surface area contributed by atoms with Gasteiger partial charge in [-0.2, -0.15) is 0 Å². The van der Waals surface area contributed by atoms with Crippen molar-refractivity contribution in [2.24, 2.45) is 0 Å². The number of allylic oxidation sites excluding steroid dienone is 2. The van der Waals surface area contributed by atoms with E-state index in [9.17, 15) is 24.3 Å². The van der Waals surface area contributed by atoms with Crippen LogP contribution in [0.1, 0.15) is 22.6 Å². The smallest absolute Gasteiger partial charge is 0.331 e. The number of benzene rings is 1. The zero-order chi connectivity index (χ0) is 23.2. The molecule has 1 aliphatic rings. The highest BCUT2D eigenvalue weighted by molar-refractivity contribution is 6.30. The van der Waals surface area contributed by atoms with Gasteiger partial charge < -0.3 is 9.84 Å². The molecule has 1 atom stereocenters. The topological polar surface area (TPSA) is 139 Å². The van der Waals surface area contributed by atoms with Gasteiger partial charge in [-0.05, 0) is 18.2 Å². The predicted molar refractivity (Wildman–Crippen MR) is 117 cm³/mol. The van der Waals surface area contributed by atoms with E-state index in [0.29, 0.717) is 5.56 Å². The molecule has 2 aromatic heterocycles. The SMILES string of the molecule is C=CCn1c(O)c(C2c3cc(Cl)ccc3Oc3[nH]c(=O)n(CC=C)c(=O)c32)c(=O)[nH]c1=O. The van der Waals surface area contributed by atoms with Crippen molar-refractivity contribution in [1.82, 2.24) is 19.1 Å². The second kappa shape index (κ2) is 7.89. The van der Waals surface area contributed by atoms with Crippen LogP contribution in [0.5, 0.6) is 17.5 Å². The van der Waals surface area contributed by atoms with E-state index in [2.05, 4.69) is 23.1 Å². The molecule has 1 unspecified atom stereocenters. The fourth-order valence-electron chi connectivity index (χ4n) is 3.73. The molecule has 0 spiro atoms. The Morgan fingerprint density at radius 1 is 1.03 bits per heavy atom. The van der Waals surface area contributed by atoms with Crippen LogP contribution in [0.15, 0.2) is 62.7 Å². The third-order valence-corrected chi connectivity index (χ3v) is 5.32. The average Bonchev–Trinajstić information content (AvgIpc) is 2.73. The van der Waals surface area contributed by atoms with E-state index in [0.717, 1.165) is 9.13 Å². The van der Waals surface area contributed by atoms with Crippen LogP contribution in [0.3, 0.4) is 0 Å². The summed E-state index contributed by atoms with van der Waals surface area (Å²) < 4.78 is 7.51. The second-order valence-electron chi connectivity index (χ2n) is 6.99. The summed E-state index contributed by atoms with van der Waals surface area (Å²) in [6.45, 7) is 6.88. The first kappa shape index (κ1) is 21.2. The number of aromatic hydroxyl groups is 1. The van der Waals surface area contributed by atoms with Gasteiger partial charge >= 0.3 is 11.4 Å². The number of nitrogens with zero attached hydrogens (tertiary/aromatic N) is 2. The molecule has 0 saturated carbocycles. The summed E-state index contributed by atoms with van der Waals surface area (Å²) in [7, 11) is 0. The van der Waals surface area contributed by atoms with Gasteiger partial charge in [0.1, 0.15) is 5.75 Å². The Balaban J connectivity index is 2.16. The molecule has 11 heteroatoms. The van der Waals surface area contributed by atoms with Gasteiger partial charge in [0.15, 0.2) is 0 Å². The number of fused-ring (bicyclic) bond motifs is 2. The maximum absolute atomic E-state index is 13.3. The number of H-pyrrole nitrogens is 2. The van der Waals surface area contributed by atoms with Crippen LogP contribution in [-0.2, 0) is 13.1 Å². The number of rotatable bonds is 5. The maximum atomic E-state index is 13.3. The van der Waals surface area contributed by atoms with Gasteiger partial charge in [0, 0.05) is 23.7 Å². The molecule has 10 nitrogen and oxygen atoms in total. The minimum Gasteiger partial charge on any atom is -0.494 e. The normalized spacial score (nSPS) is 14.2. The molecule has 0 amide bonds. The summed E-state index contributed by atoms with van der Waals surface area (Å²) >= 11 is 6.16. The summed E-state index contributed by atoms with van der Waals surface area (Å²) in [5, 5.41) is 11.2. The summed E-state index contributed by atoms with van der Waals surface area (Å²) in [6.07, 6.45) is 2.72. The van der Waals surface area contributed by atoms with Crippen molar-refractivity contribution in [3.8, 4) is 17.5 Å². The number of hydrogen-bond acceptors (Lipinski definition) is 6. The largest absolute Gasteiger partial charge is 0.494 e. The Labute approximate surface area is 184 Å². The fraction of sp³-hybridized carbons (Fsp3) is 0.143. The highest BCUT2D eigenvalue weighted by atomic mass is 35.5. The Morgan fingerprint density at radius 3 is 2.38 bits per heavy atom. The van der Waals surface area contributed by atoms with Gasteiger partial charge in [0.2, 0.25) is 11.8 Å². The molecule has 1 aromatic carbocycles. The molecule has 0 saturated heterocycles. The zero-order valence-corrected chi connectivity index (χ0v) is 17.3. The molecular weight excluding hydrogens is 440 g/mol. The Kier molecular flexibility index (Phi) is 5.23. The molecule has 0 fully saturated rings. The number of nitrogens with one attached hydrogen (secondary N) is 2. The molecule has 3 heterocycles. The molecule has 4 rings (SSSR count). The Morgan fingerprint density at radius 2 is 1.69 bits per heavy atom. The van der Waals surface area contributed by atoms with Gasteiger partial charge in [0.05, 0.1) is 17.0 Å². The fourth-order valence-corrected chi connectivity index (χ4v) is 3.91. The standard InChI is InChI=1S/C21H17ClN4O6/c1-3-7-25-18(28)14(16(27)23-20(25)30)13-11-9-10(22)5-6-12(11)32-17-15(13)19(29)26(8-4-2)21(31)24-17/h3-6,9,13,28H,1-2,7-8H2,(H,24,31)(H,23,27,30). The van der Waals surface area contributed by atoms with Crippen LogP contribution in [0, 0.1) is 0 Å². The highest BCUT2D eigenvalue weighted by Crippen LogP contribution is 2.46. The molecule has 3 aromatic rings. The number of ether oxygens (including phenoxy) is 1. The minimum absolute atomic E-state index is 0.0980. The Bertz CT molecular complexity index is 1510. The summed E-state index contributed by atoms with van der Waals surface area (Å²) in [5.74, 6) is -1.82. The van der Waals surface area contributed by atoms with Gasteiger partial charge in [-0.25, -0.2) is 9.59 Å². The van der Waals surface area contributed by atoms with E-state index in [1.807, 2.05) is 0 Å². The number of hydrogen-bond donors (Lipinski definition) is 3. The lowest BCUT2D eigenvalue weighted by molar-refractivity contribution is 0.392. The predicted octanol–water partition coefficient (Wildman–Crippen LogP) is 1.40. The van der Waals surface area contributed by atoms with Gasteiger partial charge in [0.25, 0.3) is 11.1 Å². The summed E-state index contributed by atoms with van der Waals surface area (Å²) in [6, 6.07) is 4.52. The van der Waals surface area contributed by atoms with Crippen LogP contribution in [0.25, 0.3) is 0 Å². The van der Waals surface area contributed by atoms with Crippen LogP contribution in [0.4, 0.5) is 0 Å². The van der Waals surface area contributed by atoms with E-state index in [-0.39, 0.29) is 40.9 Å². The quantitative estimate of drug-likeness (QED) is 0.388. The lowest BCUT2D eigenvalue weighted by Crippen LogP contribution is -2.41. The first-order chi connectivity index (χ1) is 15.3. The van der Waals surface area contributed by atoms with E-state index in [1.165, 1.54) is 30.4 Å². The maximum Gasteiger partial charge on any atom is 0.331 e. The lowest BCUT2D eigenvalue weighted by Gasteiger charge is -2.28. The van der Waals surface area contributed by atoms with Crippen molar-refractivity contribution in [2.45, 2.75) is 19.0 Å². The monoisotopic (exact) mass is 456 g/mol. The molecule has 164 valence electrons. The first-order valence-electron chi connectivity index (χ1n) is 9.40. The Hall–Kier alpha value is -4.05. The number of halogens is 1.